The summed E-state index contributed by atoms with van der Waals surface area (Å²) in [5.74, 6) is 0.529. The molecule has 0 aliphatic heterocycles. The van der Waals surface area contributed by atoms with Crippen molar-refractivity contribution in [1.82, 2.24) is 10.2 Å². The maximum absolute atomic E-state index is 13.5. The Labute approximate surface area is 186 Å². The molecule has 2 rings (SSSR count). The summed E-state index contributed by atoms with van der Waals surface area (Å²) in [5, 5.41) is 3.04. The van der Waals surface area contributed by atoms with E-state index in [0.717, 1.165) is 28.0 Å². The van der Waals surface area contributed by atoms with Gasteiger partial charge in [-0.15, -0.1) is 0 Å². The lowest BCUT2D eigenvalue weighted by molar-refractivity contribution is -0.141. The van der Waals surface area contributed by atoms with Crippen molar-refractivity contribution in [1.29, 1.82) is 0 Å². The Kier molecular flexibility index (Phi) is 8.26. The van der Waals surface area contributed by atoms with E-state index in [-0.39, 0.29) is 23.8 Å². The van der Waals surface area contributed by atoms with Crippen LogP contribution in [-0.4, -0.2) is 35.4 Å². The topological polar surface area (TPSA) is 58.6 Å². The molecule has 0 saturated heterocycles. The fourth-order valence-corrected chi connectivity index (χ4v) is 3.79. The Morgan fingerprint density at radius 3 is 2.23 bits per heavy atom. The van der Waals surface area contributed by atoms with E-state index in [1.54, 1.807) is 12.0 Å². The third-order valence-electron chi connectivity index (χ3n) is 5.01. The Bertz CT molecular complexity index is 895. The normalized spacial score (nSPS) is 12.2. The molecule has 0 fully saturated rings. The summed E-state index contributed by atoms with van der Waals surface area (Å²) >= 11 is 0. The van der Waals surface area contributed by atoms with E-state index >= 15 is 0 Å². The van der Waals surface area contributed by atoms with Crippen molar-refractivity contribution >= 4 is 11.8 Å². The van der Waals surface area contributed by atoms with E-state index in [1.807, 2.05) is 77.9 Å². The van der Waals surface area contributed by atoms with Crippen molar-refractivity contribution in [2.24, 2.45) is 0 Å². The molecule has 0 bridgehead atoms. The lowest BCUT2D eigenvalue weighted by Crippen LogP contribution is -2.53. The molecular formula is C26H36N2O3. The fraction of sp³-hybridized carbons (Fsp3) is 0.462. The molecule has 1 unspecified atom stereocenters. The van der Waals surface area contributed by atoms with Gasteiger partial charge in [-0.3, -0.25) is 9.59 Å². The van der Waals surface area contributed by atoms with E-state index in [9.17, 15) is 9.59 Å². The Morgan fingerprint density at radius 2 is 1.68 bits per heavy atom. The molecule has 31 heavy (non-hydrogen) atoms. The van der Waals surface area contributed by atoms with Crippen LogP contribution >= 0.6 is 0 Å². The number of ether oxygens (including phenoxy) is 1. The molecule has 0 spiro atoms. The number of amides is 2. The van der Waals surface area contributed by atoms with Crippen molar-refractivity contribution in [3.05, 3.63) is 64.7 Å². The zero-order valence-electron chi connectivity index (χ0n) is 19.9. The largest absolute Gasteiger partial charge is 0.497 e. The van der Waals surface area contributed by atoms with Crippen LogP contribution in [0.1, 0.15) is 56.4 Å². The Hall–Kier alpha value is -2.82. The van der Waals surface area contributed by atoms with Gasteiger partial charge < -0.3 is 15.0 Å². The third-order valence-corrected chi connectivity index (χ3v) is 5.01. The molecule has 0 aliphatic carbocycles. The predicted octanol–water partition coefficient (Wildman–Crippen LogP) is 4.58. The quantitative estimate of drug-likeness (QED) is 0.675. The average molecular weight is 425 g/mol. The molecule has 2 aromatic carbocycles. The zero-order chi connectivity index (χ0) is 23.2. The van der Waals surface area contributed by atoms with Gasteiger partial charge in [-0.2, -0.15) is 0 Å². The van der Waals surface area contributed by atoms with Crippen LogP contribution in [-0.2, 0) is 22.6 Å². The molecule has 0 aromatic heterocycles. The van der Waals surface area contributed by atoms with Crippen LogP contribution in [0.15, 0.2) is 42.5 Å². The molecule has 2 amide bonds. The van der Waals surface area contributed by atoms with Crippen LogP contribution in [0.3, 0.4) is 0 Å². The van der Waals surface area contributed by atoms with Gasteiger partial charge in [-0.05, 0) is 64.3 Å². The summed E-state index contributed by atoms with van der Waals surface area (Å²) in [7, 11) is 1.62. The first-order valence-electron chi connectivity index (χ1n) is 10.8. The molecule has 1 atom stereocenters. The van der Waals surface area contributed by atoms with Gasteiger partial charge in [-0.1, -0.05) is 48.4 Å². The fourth-order valence-electron chi connectivity index (χ4n) is 3.79. The SMILES string of the molecule is CCC(C(=O)NC(C)(C)C)N(Cc1cccc(OC)c1)C(=O)Cc1cc(C)cc(C)c1. The summed E-state index contributed by atoms with van der Waals surface area (Å²) < 4.78 is 5.34. The summed E-state index contributed by atoms with van der Waals surface area (Å²) in [6.07, 6.45) is 0.788. The molecule has 0 heterocycles. The van der Waals surface area contributed by atoms with E-state index in [4.69, 9.17) is 4.74 Å². The number of methoxy groups -OCH3 is 1. The van der Waals surface area contributed by atoms with Gasteiger partial charge in [0.2, 0.25) is 11.8 Å². The molecule has 5 heteroatoms. The van der Waals surface area contributed by atoms with Crippen molar-refractivity contribution in [3.63, 3.8) is 0 Å². The van der Waals surface area contributed by atoms with Gasteiger partial charge in [-0.25, -0.2) is 0 Å². The first-order chi connectivity index (χ1) is 14.5. The monoisotopic (exact) mass is 424 g/mol. The summed E-state index contributed by atoms with van der Waals surface area (Å²) in [6, 6.07) is 13.2. The van der Waals surface area contributed by atoms with Crippen molar-refractivity contribution in [2.45, 2.75) is 72.5 Å². The van der Waals surface area contributed by atoms with Crippen molar-refractivity contribution < 1.29 is 14.3 Å². The van der Waals surface area contributed by atoms with Gasteiger partial charge in [0.15, 0.2) is 0 Å². The van der Waals surface area contributed by atoms with Crippen LogP contribution in [0, 0.1) is 13.8 Å². The van der Waals surface area contributed by atoms with Crippen LogP contribution in [0.2, 0.25) is 0 Å². The lowest BCUT2D eigenvalue weighted by atomic mass is 10.0. The highest BCUT2D eigenvalue weighted by atomic mass is 16.5. The first-order valence-corrected chi connectivity index (χ1v) is 10.8. The number of nitrogens with one attached hydrogen (secondary N) is 1. The van der Waals surface area contributed by atoms with Gasteiger partial charge in [0.05, 0.1) is 13.5 Å². The number of hydrogen-bond donors (Lipinski definition) is 1. The molecule has 2 aromatic rings. The lowest BCUT2D eigenvalue weighted by Gasteiger charge is -2.33. The van der Waals surface area contributed by atoms with E-state index < -0.39 is 6.04 Å². The second-order valence-electron chi connectivity index (χ2n) is 9.21. The number of carbonyl (C=O) groups is 2. The molecule has 0 saturated carbocycles. The van der Waals surface area contributed by atoms with Gasteiger partial charge in [0, 0.05) is 12.1 Å². The highest BCUT2D eigenvalue weighted by molar-refractivity contribution is 5.88. The molecule has 5 nitrogen and oxygen atoms in total. The van der Waals surface area contributed by atoms with Crippen molar-refractivity contribution in [3.8, 4) is 5.75 Å². The van der Waals surface area contributed by atoms with Crippen LogP contribution in [0.25, 0.3) is 0 Å². The van der Waals surface area contributed by atoms with Crippen LogP contribution in [0.5, 0.6) is 5.75 Å². The Balaban J connectivity index is 2.36. The third kappa shape index (κ3) is 7.42. The molecule has 0 aliphatic rings. The van der Waals surface area contributed by atoms with E-state index in [0.29, 0.717) is 13.0 Å². The molecule has 1 N–H and O–H groups in total. The highest BCUT2D eigenvalue weighted by Crippen LogP contribution is 2.19. The molecule has 168 valence electrons. The molecular weight excluding hydrogens is 388 g/mol. The number of benzene rings is 2. The number of rotatable bonds is 8. The predicted molar refractivity (Wildman–Crippen MR) is 125 cm³/mol. The minimum absolute atomic E-state index is 0.0660. The second kappa shape index (κ2) is 10.5. The summed E-state index contributed by atoms with van der Waals surface area (Å²) in [4.78, 5) is 28.3. The smallest absolute Gasteiger partial charge is 0.243 e. The first kappa shape index (κ1) is 24.4. The van der Waals surface area contributed by atoms with Gasteiger partial charge in [0.1, 0.15) is 11.8 Å². The van der Waals surface area contributed by atoms with E-state index in [2.05, 4.69) is 11.4 Å². The summed E-state index contributed by atoms with van der Waals surface area (Å²) in [5.41, 5.74) is 3.77. The number of carbonyl (C=O) groups excluding carboxylic acids is 2. The number of nitrogens with zero attached hydrogens (tertiary/aromatic N) is 1. The summed E-state index contributed by atoms with van der Waals surface area (Å²) in [6.45, 7) is 12.2. The average Bonchev–Trinajstić information content (AvgIpc) is 2.65. The minimum atomic E-state index is -0.552. The highest BCUT2D eigenvalue weighted by Gasteiger charge is 2.30. The Morgan fingerprint density at radius 1 is 1.03 bits per heavy atom. The number of hydrogen-bond acceptors (Lipinski definition) is 3. The van der Waals surface area contributed by atoms with E-state index in [1.165, 1.54) is 0 Å². The maximum Gasteiger partial charge on any atom is 0.243 e. The minimum Gasteiger partial charge on any atom is -0.497 e. The second-order valence-corrected chi connectivity index (χ2v) is 9.21. The standard InChI is InChI=1S/C26H36N2O3/c1-8-23(25(30)27-26(4,5)6)28(17-20-10-9-11-22(15-20)31-7)24(29)16-21-13-18(2)12-19(3)14-21/h9-15,23H,8,16-17H2,1-7H3,(H,27,30). The maximum atomic E-state index is 13.5. The zero-order valence-corrected chi connectivity index (χ0v) is 19.9. The van der Waals surface area contributed by atoms with Crippen LogP contribution in [0.4, 0.5) is 0 Å². The number of aryl methyl sites for hydroxylation is 2. The molecule has 0 radical (unpaired) electrons. The van der Waals surface area contributed by atoms with Crippen LogP contribution < -0.4 is 10.1 Å². The van der Waals surface area contributed by atoms with Crippen molar-refractivity contribution in [2.75, 3.05) is 7.11 Å². The van der Waals surface area contributed by atoms with Gasteiger partial charge in [0.25, 0.3) is 0 Å². The van der Waals surface area contributed by atoms with Gasteiger partial charge >= 0.3 is 0 Å².